The van der Waals surface area contributed by atoms with Gasteiger partial charge in [-0.05, 0) is 49.4 Å². The summed E-state index contributed by atoms with van der Waals surface area (Å²) in [5.74, 6) is -0.362. The Bertz CT molecular complexity index is 1190. The monoisotopic (exact) mass is 436 g/mol. The fourth-order valence-electron chi connectivity index (χ4n) is 2.76. The fraction of sp³-hybridized carbons (Fsp3) is 0.130. The Morgan fingerprint density at radius 1 is 0.935 bits per heavy atom. The number of hydrazone groups is 1. The Kier molecular flexibility index (Phi) is 6.71. The standard InChI is InChI=1S/C23H24N4O3S/c1-17-8-14-21(15-9-17)31(29,30)26-22-7-5-4-6-19(22)16-24-25-23(28)18-10-12-20(13-11-18)27(2)3/h4-16,26H,1-3H3,(H,25,28). The smallest absolute Gasteiger partial charge is 0.271 e. The van der Waals surface area contributed by atoms with Gasteiger partial charge in [0.25, 0.3) is 15.9 Å². The van der Waals surface area contributed by atoms with E-state index < -0.39 is 10.0 Å². The number of nitrogens with one attached hydrogen (secondary N) is 2. The van der Waals surface area contributed by atoms with E-state index >= 15 is 0 Å². The van der Waals surface area contributed by atoms with Gasteiger partial charge in [-0.1, -0.05) is 35.9 Å². The van der Waals surface area contributed by atoms with E-state index in [1.807, 2.05) is 38.1 Å². The Labute approximate surface area is 182 Å². The summed E-state index contributed by atoms with van der Waals surface area (Å²) >= 11 is 0. The lowest BCUT2D eigenvalue weighted by molar-refractivity contribution is 0.0955. The number of amides is 1. The van der Waals surface area contributed by atoms with Crippen LogP contribution in [0.2, 0.25) is 0 Å². The van der Waals surface area contributed by atoms with Crippen LogP contribution in [0.25, 0.3) is 0 Å². The van der Waals surface area contributed by atoms with Gasteiger partial charge >= 0.3 is 0 Å². The number of benzene rings is 3. The van der Waals surface area contributed by atoms with Crippen LogP contribution in [0.3, 0.4) is 0 Å². The Morgan fingerprint density at radius 2 is 1.58 bits per heavy atom. The molecule has 0 spiro atoms. The molecule has 8 heteroatoms. The molecular formula is C23H24N4O3S. The van der Waals surface area contributed by atoms with E-state index in [0.29, 0.717) is 16.8 Å². The predicted octanol–water partition coefficient (Wildman–Crippen LogP) is 3.63. The summed E-state index contributed by atoms with van der Waals surface area (Å²) in [7, 11) is 0.0899. The zero-order valence-electron chi connectivity index (χ0n) is 17.5. The maximum atomic E-state index is 12.7. The number of anilines is 2. The number of nitrogens with zero attached hydrogens (tertiary/aromatic N) is 2. The van der Waals surface area contributed by atoms with Crippen molar-refractivity contribution in [2.45, 2.75) is 11.8 Å². The molecule has 0 aliphatic heterocycles. The minimum Gasteiger partial charge on any atom is -0.378 e. The molecule has 1 amide bonds. The lowest BCUT2D eigenvalue weighted by atomic mass is 10.2. The van der Waals surface area contributed by atoms with Crippen molar-refractivity contribution in [2.24, 2.45) is 5.10 Å². The van der Waals surface area contributed by atoms with Crippen LogP contribution in [0.1, 0.15) is 21.5 Å². The second-order valence-corrected chi connectivity index (χ2v) is 8.83. The zero-order chi connectivity index (χ0) is 22.4. The van der Waals surface area contributed by atoms with Crippen LogP contribution in [-0.4, -0.2) is 34.6 Å². The van der Waals surface area contributed by atoms with Gasteiger partial charge < -0.3 is 4.90 Å². The Balaban J connectivity index is 1.72. The highest BCUT2D eigenvalue weighted by Crippen LogP contribution is 2.19. The molecule has 160 valence electrons. The molecule has 0 saturated heterocycles. The maximum Gasteiger partial charge on any atom is 0.271 e. The van der Waals surface area contributed by atoms with Gasteiger partial charge in [0.15, 0.2) is 0 Å². The Morgan fingerprint density at radius 3 is 2.23 bits per heavy atom. The van der Waals surface area contributed by atoms with Crippen LogP contribution in [0.5, 0.6) is 0 Å². The normalized spacial score (nSPS) is 11.3. The summed E-state index contributed by atoms with van der Waals surface area (Å²) in [6.45, 7) is 1.89. The molecule has 2 N–H and O–H groups in total. The van der Waals surface area contributed by atoms with Crippen LogP contribution >= 0.6 is 0 Å². The van der Waals surface area contributed by atoms with Crippen LogP contribution in [0.15, 0.2) is 82.8 Å². The van der Waals surface area contributed by atoms with E-state index in [0.717, 1.165) is 11.3 Å². The molecule has 3 rings (SSSR count). The topological polar surface area (TPSA) is 90.9 Å². The van der Waals surface area contributed by atoms with Gasteiger partial charge in [-0.15, -0.1) is 0 Å². The van der Waals surface area contributed by atoms with Gasteiger partial charge in [0.1, 0.15) is 0 Å². The van der Waals surface area contributed by atoms with E-state index in [2.05, 4.69) is 15.2 Å². The van der Waals surface area contributed by atoms with Crippen molar-refractivity contribution in [3.63, 3.8) is 0 Å². The van der Waals surface area contributed by atoms with Gasteiger partial charge in [0.05, 0.1) is 16.8 Å². The predicted molar refractivity (Wildman–Crippen MR) is 124 cm³/mol. The van der Waals surface area contributed by atoms with Crippen molar-refractivity contribution in [3.8, 4) is 0 Å². The summed E-state index contributed by atoms with van der Waals surface area (Å²) in [4.78, 5) is 14.4. The molecule has 0 fully saturated rings. The molecule has 31 heavy (non-hydrogen) atoms. The molecule has 0 aromatic heterocycles. The van der Waals surface area contributed by atoms with Crippen LogP contribution in [0, 0.1) is 6.92 Å². The van der Waals surface area contributed by atoms with E-state index in [9.17, 15) is 13.2 Å². The van der Waals surface area contributed by atoms with Crippen LogP contribution in [0.4, 0.5) is 11.4 Å². The summed E-state index contributed by atoms with van der Waals surface area (Å²) < 4.78 is 27.9. The van der Waals surface area contributed by atoms with Crippen molar-refractivity contribution in [1.82, 2.24) is 5.43 Å². The first-order chi connectivity index (χ1) is 14.8. The summed E-state index contributed by atoms with van der Waals surface area (Å²) in [6.07, 6.45) is 1.40. The third-order valence-electron chi connectivity index (χ3n) is 4.55. The van der Waals surface area contributed by atoms with Crippen molar-refractivity contribution >= 4 is 33.5 Å². The highest BCUT2D eigenvalue weighted by molar-refractivity contribution is 7.92. The second-order valence-electron chi connectivity index (χ2n) is 7.15. The zero-order valence-corrected chi connectivity index (χ0v) is 18.3. The molecule has 0 unspecified atom stereocenters. The molecular weight excluding hydrogens is 412 g/mol. The van der Waals surface area contributed by atoms with Crippen molar-refractivity contribution < 1.29 is 13.2 Å². The van der Waals surface area contributed by atoms with Gasteiger partial charge in [0, 0.05) is 30.9 Å². The lowest BCUT2D eigenvalue weighted by Gasteiger charge is -2.12. The third-order valence-corrected chi connectivity index (χ3v) is 5.93. The first-order valence-electron chi connectivity index (χ1n) is 9.55. The minimum atomic E-state index is -3.75. The number of carbonyl (C=O) groups excluding carboxylic acids is 1. The molecule has 0 heterocycles. The lowest BCUT2D eigenvalue weighted by Crippen LogP contribution is -2.18. The molecule has 0 bridgehead atoms. The molecule has 7 nitrogen and oxygen atoms in total. The van der Waals surface area contributed by atoms with Gasteiger partial charge in [0.2, 0.25) is 0 Å². The van der Waals surface area contributed by atoms with Crippen LogP contribution < -0.4 is 15.0 Å². The number of rotatable bonds is 7. The summed E-state index contributed by atoms with van der Waals surface area (Å²) in [5, 5.41) is 3.98. The van der Waals surface area contributed by atoms with E-state index in [1.54, 1.807) is 60.7 Å². The Hall–Kier alpha value is -3.65. The SMILES string of the molecule is Cc1ccc(S(=O)(=O)Nc2ccccc2C=NNC(=O)c2ccc(N(C)C)cc2)cc1. The van der Waals surface area contributed by atoms with Crippen LogP contribution in [-0.2, 0) is 10.0 Å². The van der Waals surface area contributed by atoms with E-state index in [4.69, 9.17) is 0 Å². The molecule has 0 atom stereocenters. The quantitative estimate of drug-likeness (QED) is 0.437. The highest BCUT2D eigenvalue weighted by Gasteiger charge is 2.15. The molecule has 3 aromatic rings. The molecule has 0 saturated carbocycles. The van der Waals surface area contributed by atoms with Gasteiger partial charge in [-0.25, -0.2) is 13.8 Å². The number of carbonyl (C=O) groups is 1. The number of sulfonamides is 1. The number of aryl methyl sites for hydroxylation is 1. The molecule has 0 radical (unpaired) electrons. The molecule has 3 aromatic carbocycles. The van der Waals surface area contributed by atoms with Crippen molar-refractivity contribution in [1.29, 1.82) is 0 Å². The van der Waals surface area contributed by atoms with E-state index in [1.165, 1.54) is 6.21 Å². The molecule has 0 aliphatic carbocycles. The highest BCUT2D eigenvalue weighted by atomic mass is 32.2. The number of hydrogen-bond donors (Lipinski definition) is 2. The van der Waals surface area contributed by atoms with Gasteiger partial charge in [-0.3, -0.25) is 9.52 Å². The average Bonchev–Trinajstić information content (AvgIpc) is 2.75. The number of hydrogen-bond acceptors (Lipinski definition) is 5. The maximum absolute atomic E-state index is 12.7. The fourth-order valence-corrected chi connectivity index (χ4v) is 3.85. The molecule has 0 aliphatic rings. The van der Waals surface area contributed by atoms with Crippen molar-refractivity contribution in [2.75, 3.05) is 23.7 Å². The minimum absolute atomic E-state index is 0.166. The summed E-state index contributed by atoms with van der Waals surface area (Å²) in [6, 6.07) is 20.5. The number of para-hydroxylation sites is 1. The average molecular weight is 437 g/mol. The second kappa shape index (κ2) is 9.44. The third kappa shape index (κ3) is 5.70. The van der Waals surface area contributed by atoms with Gasteiger partial charge in [-0.2, -0.15) is 5.10 Å². The largest absolute Gasteiger partial charge is 0.378 e. The van der Waals surface area contributed by atoms with Crippen molar-refractivity contribution in [3.05, 3.63) is 89.5 Å². The first kappa shape index (κ1) is 22.0. The van der Waals surface area contributed by atoms with E-state index in [-0.39, 0.29) is 10.8 Å². The summed E-state index contributed by atoms with van der Waals surface area (Å²) in [5.41, 5.74) is 5.76. The first-order valence-corrected chi connectivity index (χ1v) is 11.0.